The largest absolute Gasteiger partial charge is 0.573 e. The van der Waals surface area contributed by atoms with Gasteiger partial charge in [-0.3, -0.25) is 0 Å². The minimum Gasteiger partial charge on any atom is -0.406 e. The lowest BCUT2D eigenvalue weighted by atomic mass is 9.79. The summed E-state index contributed by atoms with van der Waals surface area (Å²) >= 11 is 0. The van der Waals surface area contributed by atoms with Gasteiger partial charge in [-0.1, -0.05) is 49.8 Å². The van der Waals surface area contributed by atoms with Crippen LogP contribution in [0.3, 0.4) is 0 Å². The normalized spacial score (nSPS) is 27.5. The highest BCUT2D eigenvalue weighted by molar-refractivity contribution is 5.30. The van der Waals surface area contributed by atoms with E-state index in [1.807, 2.05) is 0 Å². The molecular weight excluding hydrogens is 385 g/mol. The highest BCUT2D eigenvalue weighted by atomic mass is 19.4. The highest BCUT2D eigenvalue weighted by Gasteiger charge is 2.31. The van der Waals surface area contributed by atoms with Gasteiger partial charge in [-0.2, -0.15) is 0 Å². The van der Waals surface area contributed by atoms with Crippen LogP contribution in [0.1, 0.15) is 82.6 Å². The molecule has 0 unspecified atom stereocenters. The number of halogens is 3. The van der Waals surface area contributed by atoms with Crippen molar-refractivity contribution in [2.75, 3.05) is 0 Å². The summed E-state index contributed by atoms with van der Waals surface area (Å²) in [6, 6.07) is 6.34. The summed E-state index contributed by atoms with van der Waals surface area (Å²) in [7, 11) is 0. The summed E-state index contributed by atoms with van der Waals surface area (Å²) in [4.78, 5) is 0. The van der Waals surface area contributed by atoms with Gasteiger partial charge in [0.1, 0.15) is 5.75 Å². The molecule has 3 rings (SSSR count). The Morgan fingerprint density at radius 3 is 2.23 bits per heavy atom. The fourth-order valence-electron chi connectivity index (χ4n) is 4.94. The maximum Gasteiger partial charge on any atom is 0.573 e. The predicted molar refractivity (Wildman–Crippen MR) is 115 cm³/mol. The molecule has 0 aliphatic heterocycles. The van der Waals surface area contributed by atoms with E-state index >= 15 is 0 Å². The number of ether oxygens (including phenoxy) is 1. The highest BCUT2D eigenvalue weighted by Crippen LogP contribution is 2.36. The summed E-state index contributed by atoms with van der Waals surface area (Å²) < 4.78 is 40.8. The molecule has 1 nitrogen and oxygen atoms in total. The van der Waals surface area contributed by atoms with Crippen LogP contribution in [0.2, 0.25) is 0 Å². The van der Waals surface area contributed by atoms with Crippen LogP contribution in [0.5, 0.6) is 5.75 Å². The lowest BCUT2D eigenvalue weighted by molar-refractivity contribution is -0.274. The molecule has 2 aliphatic carbocycles. The van der Waals surface area contributed by atoms with Gasteiger partial charge in [0.15, 0.2) is 0 Å². The molecule has 164 valence electrons. The van der Waals surface area contributed by atoms with Crippen molar-refractivity contribution in [3.8, 4) is 17.6 Å². The molecule has 1 aromatic rings. The van der Waals surface area contributed by atoms with Gasteiger partial charge in [0.25, 0.3) is 0 Å². The molecule has 0 amide bonds. The maximum absolute atomic E-state index is 12.3. The van der Waals surface area contributed by atoms with Crippen molar-refractivity contribution in [3.05, 3.63) is 42.0 Å². The zero-order chi connectivity index (χ0) is 21.4. The van der Waals surface area contributed by atoms with Crippen LogP contribution >= 0.6 is 0 Å². The lowest BCUT2D eigenvalue weighted by Crippen LogP contribution is -2.17. The van der Waals surface area contributed by atoms with E-state index in [4.69, 9.17) is 0 Å². The molecule has 2 fully saturated rings. The van der Waals surface area contributed by atoms with Crippen LogP contribution < -0.4 is 4.74 Å². The minimum atomic E-state index is -4.64. The molecule has 4 heteroatoms. The molecule has 0 atom stereocenters. The third-order valence-corrected chi connectivity index (χ3v) is 6.64. The molecule has 0 saturated heterocycles. The Bertz CT molecular complexity index is 722. The molecular formula is C26H33F3O. The second-order valence-electron chi connectivity index (χ2n) is 8.88. The molecule has 0 radical (unpaired) electrons. The van der Waals surface area contributed by atoms with Crippen molar-refractivity contribution in [1.82, 2.24) is 0 Å². The van der Waals surface area contributed by atoms with Crippen LogP contribution in [0.25, 0.3) is 0 Å². The van der Waals surface area contributed by atoms with E-state index in [0.29, 0.717) is 17.8 Å². The molecule has 1 aromatic carbocycles. The van der Waals surface area contributed by atoms with Gasteiger partial charge in [0.05, 0.1) is 0 Å². The Morgan fingerprint density at radius 2 is 1.63 bits per heavy atom. The van der Waals surface area contributed by atoms with Crippen molar-refractivity contribution in [1.29, 1.82) is 0 Å². The maximum atomic E-state index is 12.3. The van der Waals surface area contributed by atoms with E-state index in [1.165, 1.54) is 50.7 Å². The van der Waals surface area contributed by atoms with Crippen molar-refractivity contribution >= 4 is 0 Å². The Kier molecular flexibility index (Phi) is 8.31. The van der Waals surface area contributed by atoms with Crippen LogP contribution in [-0.4, -0.2) is 6.36 Å². The summed E-state index contributed by atoms with van der Waals surface area (Å²) in [6.07, 6.45) is 11.9. The fourth-order valence-corrected chi connectivity index (χ4v) is 4.94. The lowest BCUT2D eigenvalue weighted by Gasteiger charge is -2.26. The van der Waals surface area contributed by atoms with E-state index in [2.05, 4.69) is 35.7 Å². The van der Waals surface area contributed by atoms with Crippen LogP contribution in [0, 0.1) is 29.6 Å². The van der Waals surface area contributed by atoms with Gasteiger partial charge in [-0.25, -0.2) is 0 Å². The molecule has 2 saturated carbocycles. The molecule has 0 aromatic heterocycles. The zero-order valence-corrected chi connectivity index (χ0v) is 17.9. The van der Waals surface area contributed by atoms with Crippen molar-refractivity contribution < 1.29 is 17.9 Å². The quantitative estimate of drug-likeness (QED) is 0.440. The third kappa shape index (κ3) is 7.42. The first-order valence-electron chi connectivity index (χ1n) is 11.5. The Balaban J connectivity index is 1.40. The fraction of sp³-hybridized carbons (Fsp3) is 0.615. The molecule has 0 bridgehead atoms. The van der Waals surface area contributed by atoms with E-state index in [0.717, 1.165) is 37.2 Å². The van der Waals surface area contributed by atoms with Gasteiger partial charge in [-0.05, 0) is 92.9 Å². The summed E-state index contributed by atoms with van der Waals surface area (Å²) in [6.45, 7) is 2.28. The zero-order valence-electron chi connectivity index (χ0n) is 17.9. The van der Waals surface area contributed by atoms with Crippen LogP contribution in [-0.2, 0) is 0 Å². The van der Waals surface area contributed by atoms with Crippen molar-refractivity contribution in [2.24, 2.45) is 17.8 Å². The van der Waals surface area contributed by atoms with Crippen LogP contribution in [0.15, 0.2) is 36.4 Å². The van der Waals surface area contributed by atoms with Gasteiger partial charge in [0, 0.05) is 5.92 Å². The standard InChI is InChI=1S/C26H33F3O/c1-2-5-20-8-10-21(11-9-20)6-3-4-7-22-12-14-23(15-13-22)24-16-18-25(19-17-24)30-26(27,28)29/h3,6,16-23H,2,5,8-15H2,1H3. The Labute approximate surface area is 179 Å². The average Bonchev–Trinajstić information content (AvgIpc) is 2.73. The number of hydrogen-bond acceptors (Lipinski definition) is 1. The summed E-state index contributed by atoms with van der Waals surface area (Å²) in [5.41, 5.74) is 1.09. The topological polar surface area (TPSA) is 9.23 Å². The van der Waals surface area contributed by atoms with E-state index in [-0.39, 0.29) is 5.75 Å². The predicted octanol–water partition coefficient (Wildman–Crippen LogP) is 8.03. The first kappa shape index (κ1) is 22.8. The Hall–Kier alpha value is -1.89. The van der Waals surface area contributed by atoms with Crippen molar-refractivity contribution in [3.63, 3.8) is 0 Å². The minimum absolute atomic E-state index is 0.156. The molecule has 30 heavy (non-hydrogen) atoms. The van der Waals surface area contributed by atoms with E-state index in [9.17, 15) is 13.2 Å². The second-order valence-corrected chi connectivity index (χ2v) is 8.88. The monoisotopic (exact) mass is 418 g/mol. The number of allylic oxidation sites excluding steroid dienone is 2. The van der Waals surface area contributed by atoms with E-state index < -0.39 is 6.36 Å². The first-order valence-corrected chi connectivity index (χ1v) is 11.5. The molecule has 0 spiro atoms. The van der Waals surface area contributed by atoms with Gasteiger partial charge in [-0.15, -0.1) is 13.2 Å². The molecule has 0 heterocycles. The SMILES string of the molecule is CCCC1CCC(C=CC#CC2CCC(c3ccc(OC(F)(F)F)cc3)CC2)CC1. The number of alkyl halides is 3. The average molecular weight is 419 g/mol. The number of rotatable bonds is 5. The second kappa shape index (κ2) is 10.9. The molecule has 2 aliphatic rings. The molecule has 0 N–H and O–H groups in total. The van der Waals surface area contributed by atoms with E-state index in [1.54, 1.807) is 12.1 Å². The number of hydrogen-bond donors (Lipinski definition) is 0. The Morgan fingerprint density at radius 1 is 0.967 bits per heavy atom. The van der Waals surface area contributed by atoms with Gasteiger partial charge >= 0.3 is 6.36 Å². The van der Waals surface area contributed by atoms with Crippen LogP contribution in [0.4, 0.5) is 13.2 Å². The van der Waals surface area contributed by atoms with Gasteiger partial charge < -0.3 is 4.74 Å². The number of benzene rings is 1. The summed E-state index contributed by atoms with van der Waals surface area (Å²) in [5.74, 6) is 9.00. The summed E-state index contributed by atoms with van der Waals surface area (Å²) in [5, 5.41) is 0. The third-order valence-electron chi connectivity index (χ3n) is 6.64. The smallest absolute Gasteiger partial charge is 0.406 e. The van der Waals surface area contributed by atoms with Gasteiger partial charge in [0.2, 0.25) is 0 Å². The first-order chi connectivity index (χ1) is 14.4. The van der Waals surface area contributed by atoms with Crippen molar-refractivity contribution in [2.45, 2.75) is 83.4 Å².